The van der Waals surface area contributed by atoms with Crippen LogP contribution in [0.5, 0.6) is 0 Å². The van der Waals surface area contributed by atoms with Gasteiger partial charge in [-0.1, -0.05) is 0 Å². The van der Waals surface area contributed by atoms with E-state index in [1.165, 1.54) is 0 Å². The number of alkyl halides is 6. The van der Waals surface area contributed by atoms with E-state index < -0.39 is 29.3 Å². The highest BCUT2D eigenvalue weighted by Gasteiger charge is 2.44. The maximum atomic E-state index is 12.3. The molecule has 0 aliphatic rings. The summed E-state index contributed by atoms with van der Waals surface area (Å²) in [5, 5.41) is 2.82. The second kappa shape index (κ2) is 3.14. The fourth-order valence-electron chi connectivity index (χ4n) is 1.30. The number of nitrogens with zero attached hydrogens (tertiary/aromatic N) is 2. The first kappa shape index (κ1) is 11.9. The minimum Gasteiger partial charge on any atom is -0.263 e. The molecule has 1 rings (SSSR count). The minimum atomic E-state index is -4.87. The molecular weight excluding hydrogens is 226 g/mol. The highest BCUT2D eigenvalue weighted by atomic mass is 19.4. The number of hydrogen-bond donors (Lipinski definition) is 0. The van der Waals surface area contributed by atoms with Gasteiger partial charge in [0.2, 0.25) is 0 Å². The molecule has 0 saturated carbocycles. The van der Waals surface area contributed by atoms with E-state index >= 15 is 0 Å². The Balaban J connectivity index is 3.41. The lowest BCUT2D eigenvalue weighted by atomic mass is 10.2. The summed E-state index contributed by atoms with van der Waals surface area (Å²) in [7, 11) is 0.824. The zero-order valence-electron chi connectivity index (χ0n) is 7.66. The molecule has 0 aliphatic heterocycles. The van der Waals surface area contributed by atoms with Crippen molar-refractivity contribution in [1.82, 2.24) is 9.78 Å². The van der Waals surface area contributed by atoms with E-state index in [-0.39, 0.29) is 4.68 Å². The maximum Gasteiger partial charge on any atom is 0.435 e. The molecule has 0 atom stereocenters. The summed E-state index contributed by atoms with van der Waals surface area (Å²) in [6.45, 7) is 0.749. The number of aromatic nitrogens is 2. The van der Waals surface area contributed by atoms with Crippen LogP contribution in [0.3, 0.4) is 0 Å². The second-order valence-electron chi connectivity index (χ2n) is 2.94. The zero-order valence-corrected chi connectivity index (χ0v) is 7.66. The molecule has 1 aromatic heterocycles. The lowest BCUT2D eigenvalue weighted by Gasteiger charge is -2.07. The molecule has 2 nitrogen and oxygen atoms in total. The number of aryl methyl sites for hydroxylation is 1. The summed E-state index contributed by atoms with van der Waals surface area (Å²) in [5.41, 5.74) is -3.79. The molecule has 0 amide bonds. The average Bonchev–Trinajstić information content (AvgIpc) is 2.22. The van der Waals surface area contributed by atoms with Gasteiger partial charge in [0.15, 0.2) is 5.69 Å². The van der Waals surface area contributed by atoms with E-state index in [0.717, 1.165) is 14.0 Å². The summed E-state index contributed by atoms with van der Waals surface area (Å²) >= 11 is 0. The Morgan fingerprint density at radius 3 is 1.67 bits per heavy atom. The minimum absolute atomic E-state index is 0.193. The molecule has 86 valence electrons. The van der Waals surface area contributed by atoms with Gasteiger partial charge in [0.25, 0.3) is 0 Å². The van der Waals surface area contributed by atoms with Gasteiger partial charge in [0.1, 0.15) is 5.69 Å². The molecule has 15 heavy (non-hydrogen) atoms. The molecule has 0 spiro atoms. The number of hydrogen-bond acceptors (Lipinski definition) is 1. The van der Waals surface area contributed by atoms with Gasteiger partial charge in [-0.15, -0.1) is 0 Å². The molecule has 0 fully saturated rings. The lowest BCUT2D eigenvalue weighted by molar-refractivity contribution is -0.144. The first-order valence-corrected chi connectivity index (χ1v) is 3.73. The highest BCUT2D eigenvalue weighted by molar-refractivity contribution is 5.28. The summed E-state index contributed by atoms with van der Waals surface area (Å²) in [4.78, 5) is 0. The third kappa shape index (κ3) is 2.07. The fraction of sp³-hybridized carbons (Fsp3) is 0.571. The average molecular weight is 232 g/mol. The van der Waals surface area contributed by atoms with Crippen molar-refractivity contribution >= 4 is 0 Å². The first-order valence-electron chi connectivity index (χ1n) is 3.73. The summed E-state index contributed by atoms with van der Waals surface area (Å²) in [5.74, 6) is 0. The Bertz CT molecular complexity index is 372. The third-order valence-corrected chi connectivity index (χ3v) is 1.82. The van der Waals surface area contributed by atoms with Crippen molar-refractivity contribution in [2.24, 2.45) is 7.05 Å². The molecule has 1 aromatic rings. The topological polar surface area (TPSA) is 17.8 Å². The predicted molar refractivity (Wildman–Crippen MR) is 37.9 cm³/mol. The first-order chi connectivity index (χ1) is 6.55. The van der Waals surface area contributed by atoms with Crippen LogP contribution in [0.2, 0.25) is 0 Å². The van der Waals surface area contributed by atoms with E-state index in [0.29, 0.717) is 0 Å². The molecule has 0 bridgehead atoms. The van der Waals surface area contributed by atoms with Gasteiger partial charge < -0.3 is 0 Å². The summed E-state index contributed by atoms with van der Waals surface area (Å²) in [6.07, 6.45) is -9.71. The quantitative estimate of drug-likeness (QED) is 0.629. The predicted octanol–water partition coefficient (Wildman–Crippen LogP) is 2.77. The molecule has 0 unspecified atom stereocenters. The molecule has 8 heteroatoms. The van der Waals surface area contributed by atoms with Gasteiger partial charge in [-0.05, 0) is 6.92 Å². The smallest absolute Gasteiger partial charge is 0.263 e. The van der Waals surface area contributed by atoms with Gasteiger partial charge in [-0.3, -0.25) is 4.68 Å². The van der Waals surface area contributed by atoms with E-state index in [4.69, 9.17) is 0 Å². The van der Waals surface area contributed by atoms with Gasteiger partial charge >= 0.3 is 12.4 Å². The fourth-order valence-corrected chi connectivity index (χ4v) is 1.30. The van der Waals surface area contributed by atoms with E-state index in [2.05, 4.69) is 5.10 Å². The Labute approximate surface area is 80.5 Å². The number of rotatable bonds is 0. The lowest BCUT2D eigenvalue weighted by Crippen LogP contribution is -2.13. The molecule has 0 aliphatic carbocycles. The van der Waals surface area contributed by atoms with Crippen molar-refractivity contribution in [2.75, 3.05) is 0 Å². The molecule has 0 saturated heterocycles. The van der Waals surface area contributed by atoms with Crippen LogP contribution < -0.4 is 0 Å². The maximum absolute atomic E-state index is 12.3. The summed E-state index contributed by atoms with van der Waals surface area (Å²) in [6, 6.07) is 0. The van der Waals surface area contributed by atoms with Crippen LogP contribution in [-0.2, 0) is 19.4 Å². The van der Waals surface area contributed by atoms with Crippen molar-refractivity contribution in [3.05, 3.63) is 17.0 Å². The van der Waals surface area contributed by atoms with Crippen molar-refractivity contribution in [2.45, 2.75) is 19.3 Å². The number of halogens is 6. The van der Waals surface area contributed by atoms with Crippen LogP contribution in [0.4, 0.5) is 26.3 Å². The standard InChI is InChI=1S/C7H6F6N2/c1-3-4(6(8,9)10)14-15(2)5(3)7(11,12)13/h1-2H3. The van der Waals surface area contributed by atoms with Crippen LogP contribution in [0.25, 0.3) is 0 Å². The van der Waals surface area contributed by atoms with Gasteiger partial charge in [-0.2, -0.15) is 31.4 Å². The van der Waals surface area contributed by atoms with Crippen LogP contribution in [0, 0.1) is 6.92 Å². The Morgan fingerprint density at radius 1 is 1.00 bits per heavy atom. The van der Waals surface area contributed by atoms with Crippen LogP contribution in [-0.4, -0.2) is 9.78 Å². The van der Waals surface area contributed by atoms with Crippen molar-refractivity contribution in [3.8, 4) is 0 Å². The van der Waals surface area contributed by atoms with Gasteiger partial charge in [0.05, 0.1) is 0 Å². The monoisotopic (exact) mass is 232 g/mol. The summed E-state index contributed by atoms with van der Waals surface area (Å²) < 4.78 is 73.6. The van der Waals surface area contributed by atoms with Crippen molar-refractivity contribution in [3.63, 3.8) is 0 Å². The molecule has 0 aromatic carbocycles. The Hall–Kier alpha value is -1.21. The Morgan fingerprint density at radius 2 is 1.47 bits per heavy atom. The highest BCUT2D eigenvalue weighted by Crippen LogP contribution is 2.38. The molecule has 0 radical (unpaired) electrons. The largest absolute Gasteiger partial charge is 0.435 e. The normalized spacial score (nSPS) is 13.3. The van der Waals surface area contributed by atoms with Crippen molar-refractivity contribution in [1.29, 1.82) is 0 Å². The molecule has 1 heterocycles. The van der Waals surface area contributed by atoms with E-state index in [9.17, 15) is 26.3 Å². The zero-order chi connectivity index (χ0) is 12.0. The molecule has 0 N–H and O–H groups in total. The van der Waals surface area contributed by atoms with Crippen LogP contribution >= 0.6 is 0 Å². The van der Waals surface area contributed by atoms with E-state index in [1.54, 1.807) is 0 Å². The van der Waals surface area contributed by atoms with E-state index in [1.807, 2.05) is 0 Å². The Kier molecular flexibility index (Phi) is 2.48. The van der Waals surface area contributed by atoms with Crippen LogP contribution in [0.1, 0.15) is 17.0 Å². The molecular formula is C7H6F6N2. The van der Waals surface area contributed by atoms with Gasteiger partial charge in [-0.25, -0.2) is 0 Å². The van der Waals surface area contributed by atoms with Gasteiger partial charge in [0, 0.05) is 12.6 Å². The second-order valence-corrected chi connectivity index (χ2v) is 2.94. The van der Waals surface area contributed by atoms with Crippen molar-refractivity contribution < 1.29 is 26.3 Å². The third-order valence-electron chi connectivity index (χ3n) is 1.82. The van der Waals surface area contributed by atoms with Crippen LogP contribution in [0.15, 0.2) is 0 Å². The SMILES string of the molecule is Cc1c(C(F)(F)F)nn(C)c1C(F)(F)F.